The van der Waals surface area contributed by atoms with Crippen LogP contribution in [0, 0.1) is 0 Å². The topological polar surface area (TPSA) is 16.1 Å². The van der Waals surface area contributed by atoms with Gasteiger partial charge in [0.2, 0.25) is 0 Å². The van der Waals surface area contributed by atoms with Crippen LogP contribution in [0.2, 0.25) is 0 Å². The molecule has 1 unspecified atom stereocenters. The van der Waals surface area contributed by atoms with Gasteiger partial charge in [-0.2, -0.15) is 0 Å². The number of anilines is 2. The van der Waals surface area contributed by atoms with Crippen LogP contribution in [0.1, 0.15) is 18.9 Å². The summed E-state index contributed by atoms with van der Waals surface area (Å²) in [6.45, 7) is 2.26. The summed E-state index contributed by atoms with van der Waals surface area (Å²) in [7, 11) is 0. The van der Waals surface area contributed by atoms with Crippen LogP contribution in [0.5, 0.6) is 0 Å². The molecule has 0 amide bonds. The second-order valence-corrected chi connectivity index (χ2v) is 6.62. The Kier molecular flexibility index (Phi) is 3.63. The van der Waals surface area contributed by atoms with E-state index in [1.54, 1.807) is 0 Å². The maximum absolute atomic E-state index is 4.58. The van der Waals surface area contributed by atoms with E-state index in [1.807, 2.05) is 12.3 Å². The molecule has 2 heterocycles. The Hall–Kier alpha value is -0.870. The Morgan fingerprint density at radius 3 is 2.84 bits per heavy atom. The van der Waals surface area contributed by atoms with Crippen molar-refractivity contribution in [1.29, 1.82) is 0 Å². The van der Waals surface area contributed by atoms with Gasteiger partial charge in [0.15, 0.2) is 0 Å². The van der Waals surface area contributed by atoms with Gasteiger partial charge in [0, 0.05) is 22.4 Å². The quantitative estimate of drug-likeness (QED) is 0.684. The summed E-state index contributed by atoms with van der Waals surface area (Å²) in [5.41, 5.74) is 2.67. The number of aromatic nitrogens is 1. The Morgan fingerprint density at radius 2 is 2.05 bits per heavy atom. The highest BCUT2D eigenvalue weighted by molar-refractivity contribution is 9.11. The van der Waals surface area contributed by atoms with Crippen LogP contribution in [0.3, 0.4) is 0 Å². The zero-order chi connectivity index (χ0) is 13.4. The van der Waals surface area contributed by atoms with Gasteiger partial charge in [0.1, 0.15) is 5.82 Å². The van der Waals surface area contributed by atoms with Crippen molar-refractivity contribution in [3.63, 3.8) is 0 Å². The van der Waals surface area contributed by atoms with E-state index >= 15 is 0 Å². The van der Waals surface area contributed by atoms with Crippen molar-refractivity contribution in [3.8, 4) is 0 Å². The van der Waals surface area contributed by atoms with Crippen LogP contribution in [0.4, 0.5) is 11.5 Å². The van der Waals surface area contributed by atoms with Gasteiger partial charge in [0.05, 0.1) is 4.47 Å². The maximum Gasteiger partial charge on any atom is 0.147 e. The second kappa shape index (κ2) is 5.25. The first-order chi connectivity index (χ1) is 9.16. The molecule has 0 N–H and O–H groups in total. The van der Waals surface area contributed by atoms with Gasteiger partial charge in [-0.1, -0.05) is 18.2 Å². The molecule has 1 aliphatic heterocycles. The first kappa shape index (κ1) is 13.1. The van der Waals surface area contributed by atoms with Crippen LogP contribution in [-0.2, 0) is 6.42 Å². The van der Waals surface area contributed by atoms with Crippen LogP contribution < -0.4 is 4.90 Å². The SMILES string of the molecule is CC1CCc2ccccc2N1c1ncc(Br)cc1Br. The molecule has 0 bridgehead atoms. The molecule has 2 aromatic rings. The largest absolute Gasteiger partial charge is 0.322 e. The first-order valence-corrected chi connectivity index (χ1v) is 7.93. The molecule has 0 saturated heterocycles. The molecule has 1 atom stereocenters. The first-order valence-electron chi connectivity index (χ1n) is 6.35. The van der Waals surface area contributed by atoms with E-state index in [1.165, 1.54) is 11.3 Å². The summed E-state index contributed by atoms with van der Waals surface area (Å²) in [5.74, 6) is 0.989. The molecule has 1 aliphatic rings. The average Bonchev–Trinajstić information content (AvgIpc) is 2.40. The number of halogens is 2. The second-order valence-electron chi connectivity index (χ2n) is 4.85. The summed E-state index contributed by atoms with van der Waals surface area (Å²) >= 11 is 7.08. The van der Waals surface area contributed by atoms with Gasteiger partial charge >= 0.3 is 0 Å². The zero-order valence-electron chi connectivity index (χ0n) is 10.6. The summed E-state index contributed by atoms with van der Waals surface area (Å²) < 4.78 is 2.01. The van der Waals surface area contributed by atoms with Gasteiger partial charge in [-0.05, 0) is 69.3 Å². The average molecular weight is 382 g/mol. The molecule has 4 heteroatoms. The number of aryl methyl sites for hydroxylation is 1. The van der Waals surface area contributed by atoms with E-state index in [2.05, 4.69) is 72.9 Å². The van der Waals surface area contributed by atoms with Crippen molar-refractivity contribution in [2.24, 2.45) is 0 Å². The number of rotatable bonds is 1. The minimum atomic E-state index is 0.458. The third kappa shape index (κ3) is 2.43. The van der Waals surface area contributed by atoms with E-state index in [4.69, 9.17) is 0 Å². The molecular weight excluding hydrogens is 368 g/mol. The van der Waals surface area contributed by atoms with E-state index in [9.17, 15) is 0 Å². The fraction of sp³-hybridized carbons (Fsp3) is 0.267. The highest BCUT2D eigenvalue weighted by atomic mass is 79.9. The van der Waals surface area contributed by atoms with Crippen LogP contribution in [0.25, 0.3) is 0 Å². The molecular formula is C15H14Br2N2. The normalized spacial score (nSPS) is 18.3. The number of fused-ring (bicyclic) bond motifs is 1. The lowest BCUT2D eigenvalue weighted by Crippen LogP contribution is -2.34. The minimum absolute atomic E-state index is 0.458. The van der Waals surface area contributed by atoms with Gasteiger partial charge in [0.25, 0.3) is 0 Å². The molecule has 2 nitrogen and oxygen atoms in total. The van der Waals surface area contributed by atoms with Crippen molar-refractivity contribution >= 4 is 43.4 Å². The standard InChI is InChI=1S/C15H14Br2N2/c1-10-6-7-11-4-2-3-5-14(11)19(10)15-13(17)8-12(16)9-18-15/h2-5,8-10H,6-7H2,1H3. The Bertz CT molecular complexity index is 613. The van der Waals surface area contributed by atoms with Crippen molar-refractivity contribution in [2.45, 2.75) is 25.8 Å². The summed E-state index contributed by atoms with van der Waals surface area (Å²) in [4.78, 5) is 6.91. The molecule has 1 aromatic carbocycles. The molecule has 1 aromatic heterocycles. The Balaban J connectivity index is 2.13. The van der Waals surface area contributed by atoms with Crippen LogP contribution >= 0.6 is 31.9 Å². The highest BCUT2D eigenvalue weighted by Gasteiger charge is 2.26. The molecule has 19 heavy (non-hydrogen) atoms. The van der Waals surface area contributed by atoms with Crippen molar-refractivity contribution in [1.82, 2.24) is 4.98 Å². The number of para-hydroxylation sites is 1. The lowest BCUT2D eigenvalue weighted by Gasteiger charge is -2.36. The summed E-state index contributed by atoms with van der Waals surface area (Å²) in [6.07, 6.45) is 4.15. The predicted octanol–water partition coefficient (Wildman–Crippen LogP) is 5.08. The van der Waals surface area contributed by atoms with Crippen molar-refractivity contribution in [2.75, 3.05) is 4.90 Å². The number of hydrogen-bond acceptors (Lipinski definition) is 2. The summed E-state index contributed by atoms with van der Waals surface area (Å²) in [6, 6.07) is 11.1. The third-order valence-electron chi connectivity index (χ3n) is 3.54. The lowest BCUT2D eigenvalue weighted by molar-refractivity contribution is 0.612. The molecule has 0 fully saturated rings. The molecule has 0 saturated carbocycles. The maximum atomic E-state index is 4.58. The fourth-order valence-electron chi connectivity index (χ4n) is 2.60. The number of pyridine rings is 1. The lowest BCUT2D eigenvalue weighted by atomic mass is 9.96. The van der Waals surface area contributed by atoms with Gasteiger partial charge in [-0.3, -0.25) is 0 Å². The van der Waals surface area contributed by atoms with Gasteiger partial charge < -0.3 is 4.90 Å². The van der Waals surface area contributed by atoms with E-state index in [0.29, 0.717) is 6.04 Å². The number of nitrogens with zero attached hydrogens (tertiary/aromatic N) is 2. The zero-order valence-corrected chi connectivity index (χ0v) is 13.8. The summed E-state index contributed by atoms with van der Waals surface area (Å²) in [5, 5.41) is 0. The predicted molar refractivity (Wildman–Crippen MR) is 86.0 cm³/mol. The molecule has 3 rings (SSSR count). The van der Waals surface area contributed by atoms with Crippen molar-refractivity contribution < 1.29 is 0 Å². The van der Waals surface area contributed by atoms with Crippen molar-refractivity contribution in [3.05, 3.63) is 51.0 Å². The monoisotopic (exact) mass is 380 g/mol. The number of benzene rings is 1. The molecule has 0 radical (unpaired) electrons. The van der Waals surface area contributed by atoms with E-state index in [0.717, 1.165) is 27.6 Å². The van der Waals surface area contributed by atoms with Crippen LogP contribution in [-0.4, -0.2) is 11.0 Å². The Morgan fingerprint density at radius 1 is 1.26 bits per heavy atom. The fourth-order valence-corrected chi connectivity index (χ4v) is 3.77. The third-order valence-corrected chi connectivity index (χ3v) is 4.56. The smallest absolute Gasteiger partial charge is 0.147 e. The molecule has 0 spiro atoms. The molecule has 0 aliphatic carbocycles. The number of hydrogen-bond donors (Lipinski definition) is 0. The Labute approximate surface area is 130 Å². The van der Waals surface area contributed by atoms with E-state index in [-0.39, 0.29) is 0 Å². The van der Waals surface area contributed by atoms with Gasteiger partial charge in [-0.15, -0.1) is 0 Å². The minimum Gasteiger partial charge on any atom is -0.322 e. The highest BCUT2D eigenvalue weighted by Crippen LogP contribution is 2.39. The van der Waals surface area contributed by atoms with Gasteiger partial charge in [-0.25, -0.2) is 4.98 Å². The molecule has 98 valence electrons. The van der Waals surface area contributed by atoms with Crippen LogP contribution in [0.15, 0.2) is 45.5 Å². The van der Waals surface area contributed by atoms with E-state index < -0.39 is 0 Å².